The number of anilines is 1. The van der Waals surface area contributed by atoms with E-state index < -0.39 is 5.69 Å². The number of H-pyrrole nitrogens is 2. The Morgan fingerprint density at radius 1 is 1.35 bits per heavy atom. The minimum absolute atomic E-state index is 0.239. The summed E-state index contributed by atoms with van der Waals surface area (Å²) in [5.41, 5.74) is 2.71. The van der Waals surface area contributed by atoms with Crippen LogP contribution in [0.5, 0.6) is 5.88 Å². The third-order valence-corrected chi connectivity index (χ3v) is 5.48. The number of benzene rings is 1. The van der Waals surface area contributed by atoms with Crippen LogP contribution in [0.15, 0.2) is 34.2 Å². The molecule has 1 fully saturated rings. The second-order valence-corrected chi connectivity index (χ2v) is 7.81. The molecule has 1 aliphatic rings. The molecule has 0 radical (unpaired) electrons. The first-order valence-corrected chi connectivity index (χ1v) is 10.2. The molecular formula is C20H19ClN8O2. The van der Waals surface area contributed by atoms with Gasteiger partial charge in [0, 0.05) is 16.8 Å². The van der Waals surface area contributed by atoms with Crippen molar-refractivity contribution in [1.29, 1.82) is 0 Å². The molecule has 158 valence electrons. The van der Waals surface area contributed by atoms with Crippen molar-refractivity contribution in [2.24, 2.45) is 4.99 Å². The molecule has 1 aromatic carbocycles. The zero-order chi connectivity index (χ0) is 21.5. The Labute approximate surface area is 180 Å². The Hall–Kier alpha value is -3.66. The van der Waals surface area contributed by atoms with Gasteiger partial charge in [0.25, 0.3) is 5.62 Å². The molecule has 0 saturated heterocycles. The molecule has 0 unspecified atom stereocenters. The molecule has 4 N–H and O–H groups in total. The van der Waals surface area contributed by atoms with Crippen LogP contribution in [0, 0.1) is 6.92 Å². The predicted molar refractivity (Wildman–Crippen MR) is 115 cm³/mol. The van der Waals surface area contributed by atoms with Crippen LogP contribution in [-0.2, 0) is 6.54 Å². The Balaban J connectivity index is 1.59. The molecule has 0 aliphatic heterocycles. The van der Waals surface area contributed by atoms with E-state index >= 15 is 0 Å². The molecule has 10 nitrogen and oxygen atoms in total. The number of aromatic hydroxyl groups is 1. The number of fused-ring (bicyclic) bond motifs is 1. The fourth-order valence-electron chi connectivity index (χ4n) is 3.18. The van der Waals surface area contributed by atoms with E-state index in [-0.39, 0.29) is 17.6 Å². The standard InChI is InChI=1S/C20H19ClN8O2/c1-10-11(3-2-4-14(10)21)8-22-18-26-16-12(7-15-17(30)27-20(31)25-15)9-23-29(16)19(28-18)24-13-5-6-13/h2-4,7,9,13,30H,5-6,8H2,1H3,(H,22,24,28)(H2,25,27,31)/b12-7+. The Morgan fingerprint density at radius 3 is 2.94 bits per heavy atom. The lowest BCUT2D eigenvalue weighted by atomic mass is 10.1. The number of halogens is 1. The van der Waals surface area contributed by atoms with E-state index in [1.807, 2.05) is 25.1 Å². The van der Waals surface area contributed by atoms with Crippen molar-refractivity contribution in [1.82, 2.24) is 29.5 Å². The maximum absolute atomic E-state index is 11.4. The van der Waals surface area contributed by atoms with Crippen LogP contribution in [-0.4, -0.2) is 40.7 Å². The lowest BCUT2D eigenvalue weighted by molar-refractivity contribution is 0.454. The molecule has 4 aromatic rings. The number of rotatable bonds is 5. The summed E-state index contributed by atoms with van der Waals surface area (Å²) in [5, 5.41) is 18.8. The second kappa shape index (κ2) is 7.55. The van der Waals surface area contributed by atoms with E-state index in [0.717, 1.165) is 24.0 Å². The average Bonchev–Trinajstić information content (AvgIpc) is 3.37. The van der Waals surface area contributed by atoms with Crippen LogP contribution in [0.3, 0.4) is 0 Å². The topological polar surface area (TPSA) is 136 Å². The predicted octanol–water partition coefficient (Wildman–Crippen LogP) is 1.03. The lowest BCUT2D eigenvalue weighted by Gasteiger charge is -2.09. The highest BCUT2D eigenvalue weighted by Gasteiger charge is 2.21. The molecule has 1 aliphatic carbocycles. The normalized spacial score (nSPS) is 15.2. The largest absolute Gasteiger partial charge is 0.493 e. The van der Waals surface area contributed by atoms with Gasteiger partial charge in [-0.05, 0) is 43.0 Å². The molecule has 0 amide bonds. The fourth-order valence-corrected chi connectivity index (χ4v) is 3.37. The number of imidazole rings is 1. The average molecular weight is 439 g/mol. The zero-order valence-corrected chi connectivity index (χ0v) is 17.3. The highest BCUT2D eigenvalue weighted by Crippen LogP contribution is 2.22. The SMILES string of the molecule is Cc1c(Cl)cccc1CNc1nc(=NC2CC2)n2nc/c(=C\c3[nH]c(=O)[nH]c3O)c2n1. The molecule has 0 spiro atoms. The molecular weight excluding hydrogens is 420 g/mol. The molecule has 0 bridgehead atoms. The van der Waals surface area contributed by atoms with Crippen molar-refractivity contribution in [2.75, 3.05) is 5.32 Å². The van der Waals surface area contributed by atoms with E-state index in [2.05, 4.69) is 35.3 Å². The number of aromatic nitrogens is 6. The van der Waals surface area contributed by atoms with Gasteiger partial charge in [-0.3, -0.25) is 4.98 Å². The summed E-state index contributed by atoms with van der Waals surface area (Å²) in [6, 6.07) is 5.98. The van der Waals surface area contributed by atoms with Crippen molar-refractivity contribution in [3.8, 4) is 5.88 Å². The Morgan fingerprint density at radius 2 is 2.19 bits per heavy atom. The van der Waals surface area contributed by atoms with Crippen LogP contribution in [0.25, 0.3) is 11.7 Å². The quantitative estimate of drug-likeness (QED) is 0.367. The number of nitrogens with one attached hydrogen (secondary N) is 3. The summed E-state index contributed by atoms with van der Waals surface area (Å²) in [6.45, 7) is 2.45. The van der Waals surface area contributed by atoms with Gasteiger partial charge in [-0.25, -0.2) is 9.79 Å². The van der Waals surface area contributed by atoms with Gasteiger partial charge in [-0.1, -0.05) is 23.7 Å². The van der Waals surface area contributed by atoms with Crippen LogP contribution in [0.2, 0.25) is 5.02 Å². The molecule has 11 heteroatoms. The summed E-state index contributed by atoms with van der Waals surface area (Å²) in [6.07, 6.45) is 5.23. The highest BCUT2D eigenvalue weighted by atomic mass is 35.5. The first kappa shape index (κ1) is 19.3. The first-order chi connectivity index (χ1) is 15.0. The number of nitrogens with zero attached hydrogens (tertiary/aromatic N) is 5. The highest BCUT2D eigenvalue weighted by molar-refractivity contribution is 6.31. The van der Waals surface area contributed by atoms with Crippen LogP contribution < -0.4 is 21.8 Å². The van der Waals surface area contributed by atoms with Crippen molar-refractivity contribution < 1.29 is 5.11 Å². The van der Waals surface area contributed by atoms with E-state index in [1.165, 1.54) is 0 Å². The molecule has 31 heavy (non-hydrogen) atoms. The summed E-state index contributed by atoms with van der Waals surface area (Å²) in [7, 11) is 0. The van der Waals surface area contributed by atoms with Gasteiger partial charge in [0.05, 0.1) is 12.2 Å². The minimum atomic E-state index is -0.501. The van der Waals surface area contributed by atoms with Crippen LogP contribution in [0.1, 0.15) is 29.7 Å². The van der Waals surface area contributed by atoms with Gasteiger partial charge in [0.15, 0.2) is 5.65 Å². The molecule has 1 saturated carbocycles. The monoisotopic (exact) mass is 438 g/mol. The van der Waals surface area contributed by atoms with E-state index in [1.54, 1.807) is 16.8 Å². The van der Waals surface area contributed by atoms with Gasteiger partial charge in [0.2, 0.25) is 11.8 Å². The van der Waals surface area contributed by atoms with Crippen molar-refractivity contribution in [3.63, 3.8) is 0 Å². The van der Waals surface area contributed by atoms with Crippen molar-refractivity contribution in [2.45, 2.75) is 32.4 Å². The van der Waals surface area contributed by atoms with Crippen molar-refractivity contribution >= 4 is 29.3 Å². The van der Waals surface area contributed by atoms with E-state index in [9.17, 15) is 9.90 Å². The summed E-state index contributed by atoms with van der Waals surface area (Å²) in [5.74, 6) is 0.143. The van der Waals surface area contributed by atoms with Gasteiger partial charge < -0.3 is 15.4 Å². The summed E-state index contributed by atoms with van der Waals surface area (Å²) in [4.78, 5) is 30.0. The third kappa shape index (κ3) is 3.89. The molecule has 5 rings (SSSR count). The summed E-state index contributed by atoms with van der Waals surface area (Å²) >= 11 is 6.22. The molecule has 3 aromatic heterocycles. The van der Waals surface area contributed by atoms with Crippen LogP contribution in [0.4, 0.5) is 5.95 Å². The van der Waals surface area contributed by atoms with E-state index in [0.29, 0.717) is 34.0 Å². The van der Waals surface area contributed by atoms with E-state index in [4.69, 9.17) is 11.6 Å². The smallest absolute Gasteiger partial charge is 0.326 e. The maximum atomic E-state index is 11.4. The van der Waals surface area contributed by atoms with Gasteiger partial charge >= 0.3 is 5.69 Å². The van der Waals surface area contributed by atoms with Gasteiger partial charge in [-0.2, -0.15) is 19.6 Å². The van der Waals surface area contributed by atoms with Gasteiger partial charge in [-0.15, -0.1) is 0 Å². The number of hydrogen-bond acceptors (Lipinski definition) is 7. The molecule has 0 atom stereocenters. The van der Waals surface area contributed by atoms with Crippen LogP contribution >= 0.6 is 11.6 Å². The number of hydrogen-bond donors (Lipinski definition) is 4. The Kier molecular flexibility index (Phi) is 4.70. The van der Waals surface area contributed by atoms with Gasteiger partial charge in [0.1, 0.15) is 5.69 Å². The van der Waals surface area contributed by atoms with Crippen molar-refractivity contribution in [3.05, 3.63) is 67.6 Å². The Bertz CT molecular complexity index is 1460. The zero-order valence-electron chi connectivity index (χ0n) is 16.6. The maximum Gasteiger partial charge on any atom is 0.326 e. The first-order valence-electron chi connectivity index (χ1n) is 9.78. The summed E-state index contributed by atoms with van der Waals surface area (Å²) < 4.78 is 1.56. The lowest BCUT2D eigenvalue weighted by Crippen LogP contribution is -2.24. The number of aromatic amines is 2. The second-order valence-electron chi connectivity index (χ2n) is 7.41. The third-order valence-electron chi connectivity index (χ3n) is 5.08. The minimum Gasteiger partial charge on any atom is -0.493 e. The molecule has 3 heterocycles. The fraction of sp³-hybridized carbons (Fsp3) is 0.250.